The molecule has 1 aliphatic rings. The van der Waals surface area contributed by atoms with Crippen molar-refractivity contribution in [2.75, 3.05) is 39.5 Å². The maximum atomic E-state index is 6.00. The zero-order chi connectivity index (χ0) is 13.8. The number of hydrogen-bond acceptors (Lipinski definition) is 3. The number of ether oxygens (including phenoxy) is 2. The van der Waals surface area contributed by atoms with Crippen LogP contribution in [0.4, 0.5) is 0 Å². The fourth-order valence-corrected chi connectivity index (χ4v) is 3.26. The standard InChI is InChI=1S/C16H20AsNO2/c17-15-5-6-16(14-4-2-1-3-13(14)15)20-12-9-18-7-10-19-11-8-18/h1-6H,7-12,17H2. The normalized spacial score (nSPS) is 16.4. The van der Waals surface area contributed by atoms with Crippen LogP contribution in [0.25, 0.3) is 10.8 Å². The molecule has 1 aliphatic heterocycles. The molecule has 1 fully saturated rings. The number of benzene rings is 2. The van der Waals surface area contributed by atoms with E-state index in [2.05, 4.69) is 41.3 Å². The summed E-state index contributed by atoms with van der Waals surface area (Å²) in [6, 6.07) is 12.7. The van der Waals surface area contributed by atoms with Gasteiger partial charge in [-0.15, -0.1) is 0 Å². The summed E-state index contributed by atoms with van der Waals surface area (Å²) in [4.78, 5) is 2.39. The molecule has 2 aromatic carbocycles. The second-order valence-electron chi connectivity index (χ2n) is 5.00. The van der Waals surface area contributed by atoms with Gasteiger partial charge in [-0.3, -0.25) is 0 Å². The van der Waals surface area contributed by atoms with Crippen molar-refractivity contribution in [1.29, 1.82) is 0 Å². The third-order valence-electron chi connectivity index (χ3n) is 3.69. The average Bonchev–Trinajstić information content (AvgIpc) is 2.51. The van der Waals surface area contributed by atoms with E-state index in [-0.39, 0.29) is 0 Å². The van der Waals surface area contributed by atoms with Gasteiger partial charge in [-0.25, -0.2) is 0 Å². The Bertz CT molecular complexity index is 582. The van der Waals surface area contributed by atoms with E-state index in [9.17, 15) is 0 Å². The number of hydrogen-bond donors (Lipinski definition) is 0. The van der Waals surface area contributed by atoms with Crippen molar-refractivity contribution >= 4 is 32.0 Å². The van der Waals surface area contributed by atoms with Crippen LogP contribution < -0.4 is 9.09 Å². The molecule has 3 nitrogen and oxygen atoms in total. The quantitative estimate of drug-likeness (QED) is 0.773. The first-order chi connectivity index (χ1) is 9.84. The van der Waals surface area contributed by atoms with Crippen LogP contribution >= 0.6 is 0 Å². The molecule has 0 N–H and O–H groups in total. The van der Waals surface area contributed by atoms with Crippen LogP contribution in [-0.2, 0) is 4.74 Å². The van der Waals surface area contributed by atoms with Gasteiger partial charge in [0.2, 0.25) is 0 Å². The molecule has 0 amide bonds. The van der Waals surface area contributed by atoms with Gasteiger partial charge >= 0.3 is 128 Å². The Hall–Kier alpha value is -1.02. The predicted molar refractivity (Wildman–Crippen MR) is 84.9 cm³/mol. The molecule has 1 saturated heterocycles. The Morgan fingerprint density at radius 2 is 1.80 bits per heavy atom. The summed E-state index contributed by atoms with van der Waals surface area (Å²) in [5, 5.41) is 2.52. The average molecular weight is 333 g/mol. The minimum atomic E-state index is 0.734. The molecule has 1 unspecified atom stereocenters. The van der Waals surface area contributed by atoms with Gasteiger partial charge in [-0.1, -0.05) is 0 Å². The van der Waals surface area contributed by atoms with E-state index in [0.717, 1.165) is 45.2 Å². The first-order valence-electron chi connectivity index (χ1n) is 7.05. The van der Waals surface area contributed by atoms with E-state index < -0.39 is 0 Å². The van der Waals surface area contributed by atoms with Crippen molar-refractivity contribution < 1.29 is 9.47 Å². The molecule has 0 aliphatic carbocycles. The third kappa shape index (κ3) is 3.17. The van der Waals surface area contributed by atoms with Crippen molar-refractivity contribution in [3.63, 3.8) is 0 Å². The second kappa shape index (κ2) is 6.62. The van der Waals surface area contributed by atoms with Crippen LogP contribution in [0.1, 0.15) is 0 Å². The first-order valence-corrected chi connectivity index (χ1v) is 8.26. The predicted octanol–water partition coefficient (Wildman–Crippen LogP) is 0.809. The third-order valence-corrected chi connectivity index (χ3v) is 4.74. The Labute approximate surface area is 128 Å². The summed E-state index contributed by atoms with van der Waals surface area (Å²) in [5.74, 6) is 0.996. The van der Waals surface area contributed by atoms with Gasteiger partial charge in [0.25, 0.3) is 0 Å². The maximum absolute atomic E-state index is 6.00. The molecule has 3 rings (SSSR count). The molecular formula is C16H20AsNO2. The van der Waals surface area contributed by atoms with E-state index in [0.29, 0.717) is 0 Å². The van der Waals surface area contributed by atoms with Gasteiger partial charge in [-0.05, 0) is 0 Å². The van der Waals surface area contributed by atoms with E-state index in [1.165, 1.54) is 15.1 Å². The number of nitrogens with zero attached hydrogens (tertiary/aromatic N) is 1. The Kier molecular flexibility index (Phi) is 4.61. The molecule has 1 heterocycles. The number of rotatable bonds is 4. The van der Waals surface area contributed by atoms with Crippen LogP contribution in [0, 0.1) is 0 Å². The Morgan fingerprint density at radius 1 is 1.05 bits per heavy atom. The van der Waals surface area contributed by atoms with Gasteiger partial charge in [-0.2, -0.15) is 0 Å². The van der Waals surface area contributed by atoms with Crippen molar-refractivity contribution in [3.05, 3.63) is 36.4 Å². The molecule has 2 aromatic rings. The monoisotopic (exact) mass is 333 g/mol. The molecule has 1 atom stereocenters. The molecule has 4 heteroatoms. The van der Waals surface area contributed by atoms with Crippen molar-refractivity contribution in [2.45, 2.75) is 0 Å². The SMILES string of the molecule is [AsH2]c1ccc(OCCN2CCOCC2)c2ccccc12. The molecule has 0 bridgehead atoms. The van der Waals surface area contributed by atoms with E-state index >= 15 is 0 Å². The summed E-state index contributed by atoms with van der Waals surface area (Å²) in [5.41, 5.74) is 0. The fourth-order valence-electron chi connectivity index (χ4n) is 2.53. The summed E-state index contributed by atoms with van der Waals surface area (Å²) >= 11 is 1.66. The molecular weight excluding hydrogens is 313 g/mol. The number of morpholine rings is 1. The summed E-state index contributed by atoms with van der Waals surface area (Å²) in [6.45, 7) is 5.42. The first kappa shape index (κ1) is 13.9. The number of fused-ring (bicyclic) bond motifs is 1. The molecule has 0 aromatic heterocycles. The summed E-state index contributed by atoms with van der Waals surface area (Å²) in [6.07, 6.45) is 0. The van der Waals surface area contributed by atoms with Crippen LogP contribution in [0.5, 0.6) is 5.75 Å². The van der Waals surface area contributed by atoms with E-state index in [1.807, 2.05) is 0 Å². The zero-order valence-corrected chi connectivity index (χ0v) is 14.0. The van der Waals surface area contributed by atoms with Gasteiger partial charge < -0.3 is 0 Å². The van der Waals surface area contributed by atoms with Crippen LogP contribution in [0.3, 0.4) is 0 Å². The van der Waals surface area contributed by atoms with Crippen molar-refractivity contribution in [3.8, 4) is 5.75 Å². The molecule has 0 saturated carbocycles. The minimum absolute atomic E-state index is 0.734. The van der Waals surface area contributed by atoms with Gasteiger partial charge in [0, 0.05) is 0 Å². The van der Waals surface area contributed by atoms with Crippen LogP contribution in [-0.4, -0.2) is 61.2 Å². The van der Waals surface area contributed by atoms with Crippen LogP contribution in [0.2, 0.25) is 0 Å². The van der Waals surface area contributed by atoms with E-state index in [4.69, 9.17) is 9.47 Å². The van der Waals surface area contributed by atoms with Crippen molar-refractivity contribution in [1.82, 2.24) is 4.90 Å². The molecule has 0 radical (unpaired) electrons. The van der Waals surface area contributed by atoms with Gasteiger partial charge in [0.1, 0.15) is 0 Å². The van der Waals surface area contributed by atoms with Gasteiger partial charge in [0.05, 0.1) is 0 Å². The molecule has 20 heavy (non-hydrogen) atoms. The fraction of sp³-hybridized carbons (Fsp3) is 0.375. The second-order valence-corrected chi connectivity index (χ2v) is 6.31. The summed E-state index contributed by atoms with van der Waals surface area (Å²) < 4.78 is 12.7. The topological polar surface area (TPSA) is 21.7 Å². The Morgan fingerprint density at radius 3 is 2.60 bits per heavy atom. The van der Waals surface area contributed by atoms with Crippen molar-refractivity contribution in [2.24, 2.45) is 0 Å². The Balaban J connectivity index is 1.67. The van der Waals surface area contributed by atoms with Crippen LogP contribution in [0.15, 0.2) is 36.4 Å². The van der Waals surface area contributed by atoms with Gasteiger partial charge in [0.15, 0.2) is 0 Å². The zero-order valence-electron chi connectivity index (χ0n) is 11.5. The van der Waals surface area contributed by atoms with E-state index in [1.54, 1.807) is 16.9 Å². The molecule has 0 spiro atoms. The summed E-state index contributed by atoms with van der Waals surface area (Å²) in [7, 11) is 0. The molecule has 106 valence electrons.